The highest BCUT2D eigenvalue weighted by Crippen LogP contribution is 2.27. The number of hydrogen-bond acceptors (Lipinski definition) is 9. The molecule has 1 aromatic heterocycles. The largest absolute Gasteiger partial charge is 0.477 e. The number of halogens is 1. The molecule has 3 heterocycles. The lowest BCUT2D eigenvalue weighted by atomic mass is 10.1. The average Bonchev–Trinajstić information content (AvgIpc) is 3.55. The summed E-state index contributed by atoms with van der Waals surface area (Å²) in [5, 5.41) is 14.8. The van der Waals surface area contributed by atoms with Crippen molar-refractivity contribution < 1.29 is 42.9 Å². The van der Waals surface area contributed by atoms with Gasteiger partial charge in [-0.05, 0) is 55.7 Å². The monoisotopic (exact) mass is 756 g/mol. The number of hydrogen-bond donors (Lipinski definition) is 3. The molecular formula is C39H41FN6O9. The first-order chi connectivity index (χ1) is 26.4. The van der Waals surface area contributed by atoms with Gasteiger partial charge in [0, 0.05) is 56.5 Å². The Bertz CT molecular complexity index is 2150. The van der Waals surface area contributed by atoms with Crippen LogP contribution in [0.25, 0.3) is 10.9 Å². The number of alkyl carbamates (subject to hydrolysis) is 1. The molecule has 288 valence electrons. The maximum atomic E-state index is 15.3. The van der Waals surface area contributed by atoms with Crippen LogP contribution in [0.3, 0.4) is 0 Å². The first kappa shape index (κ1) is 38.3. The molecule has 6 rings (SSSR count). The fourth-order valence-corrected chi connectivity index (χ4v) is 6.62. The smallest absolute Gasteiger partial charge is 0.410 e. The number of carbonyl (C=O) groups is 5. The summed E-state index contributed by atoms with van der Waals surface area (Å²) < 4.78 is 27.6. The number of pyridine rings is 1. The summed E-state index contributed by atoms with van der Waals surface area (Å²) in [6.45, 7) is 5.22. The number of likely N-dealkylation sites (tertiary alicyclic amines) is 1. The number of aryl methyl sites for hydroxylation is 1. The molecule has 0 spiro atoms. The highest BCUT2D eigenvalue weighted by molar-refractivity contribution is 5.98. The van der Waals surface area contributed by atoms with E-state index in [2.05, 4.69) is 10.6 Å². The molecule has 0 aliphatic carbocycles. The number of nitrogens with zero attached hydrogens (tertiary/aromatic N) is 4. The topological polar surface area (TPSA) is 180 Å². The van der Waals surface area contributed by atoms with Gasteiger partial charge in [-0.25, -0.2) is 18.8 Å². The molecular weight excluding hydrogens is 715 g/mol. The van der Waals surface area contributed by atoms with Crippen LogP contribution in [0.2, 0.25) is 0 Å². The summed E-state index contributed by atoms with van der Waals surface area (Å²) >= 11 is 0. The molecule has 1 unspecified atom stereocenters. The lowest BCUT2D eigenvalue weighted by molar-refractivity contribution is -0.135. The van der Waals surface area contributed by atoms with Gasteiger partial charge in [0.1, 0.15) is 36.7 Å². The number of amides is 4. The van der Waals surface area contributed by atoms with Gasteiger partial charge in [-0.3, -0.25) is 14.4 Å². The molecule has 4 aromatic rings. The van der Waals surface area contributed by atoms with Crippen LogP contribution in [0.15, 0.2) is 77.7 Å². The summed E-state index contributed by atoms with van der Waals surface area (Å²) in [5.41, 5.74) is 1.45. The maximum absolute atomic E-state index is 15.3. The number of rotatable bonds is 11. The molecule has 55 heavy (non-hydrogen) atoms. The molecule has 2 saturated heterocycles. The summed E-state index contributed by atoms with van der Waals surface area (Å²) in [5.74, 6) is -2.82. The highest BCUT2D eigenvalue weighted by atomic mass is 19.1. The Morgan fingerprint density at radius 3 is 2.25 bits per heavy atom. The minimum absolute atomic E-state index is 0.0168. The molecule has 3 aromatic carbocycles. The highest BCUT2D eigenvalue weighted by Gasteiger charge is 2.38. The SMILES string of the molecule is CCn1cc(C(=O)O)c(=O)c2cc(F)c(N3CCN(C(=O)OCc4ccc(NC(=O)[C@H](C)N5CCC(NC(=O)OCc6ccccc6)C5=O)cc4)CC3)cc21. The van der Waals surface area contributed by atoms with Gasteiger partial charge in [0.05, 0.1) is 11.2 Å². The van der Waals surface area contributed by atoms with E-state index in [1.165, 1.54) is 22.1 Å². The number of aromatic nitrogens is 1. The average molecular weight is 757 g/mol. The predicted octanol–water partition coefficient (Wildman–Crippen LogP) is 4.17. The Morgan fingerprint density at radius 2 is 1.58 bits per heavy atom. The summed E-state index contributed by atoms with van der Waals surface area (Å²) in [6, 6.07) is 16.9. The Morgan fingerprint density at radius 1 is 0.909 bits per heavy atom. The van der Waals surface area contributed by atoms with Crippen molar-refractivity contribution in [2.45, 2.75) is 52.1 Å². The van der Waals surface area contributed by atoms with Crippen LogP contribution in [0.5, 0.6) is 0 Å². The number of carboxylic acid groups (broad SMARTS) is 1. The summed E-state index contributed by atoms with van der Waals surface area (Å²) in [6.07, 6.45) is 0.342. The van der Waals surface area contributed by atoms with Gasteiger partial charge < -0.3 is 44.5 Å². The van der Waals surface area contributed by atoms with Gasteiger partial charge in [-0.1, -0.05) is 42.5 Å². The van der Waals surface area contributed by atoms with E-state index in [1.807, 2.05) is 30.3 Å². The number of nitrogens with one attached hydrogen (secondary N) is 2. The Balaban J connectivity index is 0.952. The minimum Gasteiger partial charge on any atom is -0.477 e. The summed E-state index contributed by atoms with van der Waals surface area (Å²) in [4.78, 5) is 80.1. The van der Waals surface area contributed by atoms with Crippen LogP contribution >= 0.6 is 0 Å². The second kappa shape index (κ2) is 16.7. The van der Waals surface area contributed by atoms with E-state index in [-0.39, 0.29) is 49.8 Å². The molecule has 15 nitrogen and oxygen atoms in total. The van der Waals surface area contributed by atoms with Crippen molar-refractivity contribution in [2.24, 2.45) is 0 Å². The zero-order chi connectivity index (χ0) is 39.2. The number of carbonyl (C=O) groups excluding carboxylic acids is 4. The van der Waals surface area contributed by atoms with E-state index < -0.39 is 53.0 Å². The minimum atomic E-state index is -1.38. The Kier molecular flexibility index (Phi) is 11.6. The Labute approximate surface area is 315 Å². The number of carboxylic acids is 1. The van der Waals surface area contributed by atoms with Crippen LogP contribution < -0.4 is 21.0 Å². The van der Waals surface area contributed by atoms with Gasteiger partial charge in [-0.15, -0.1) is 0 Å². The molecule has 0 radical (unpaired) electrons. The van der Waals surface area contributed by atoms with Crippen LogP contribution in [-0.4, -0.2) is 94.3 Å². The Hall–Kier alpha value is -6.45. The number of aromatic carboxylic acids is 1. The number of benzene rings is 3. The van der Waals surface area contributed by atoms with Crippen LogP contribution in [0, 0.1) is 5.82 Å². The van der Waals surface area contributed by atoms with Crippen molar-refractivity contribution >= 4 is 52.2 Å². The van der Waals surface area contributed by atoms with Crippen molar-refractivity contribution in [3.63, 3.8) is 0 Å². The first-order valence-electron chi connectivity index (χ1n) is 17.9. The van der Waals surface area contributed by atoms with Gasteiger partial charge in [0.2, 0.25) is 17.2 Å². The van der Waals surface area contributed by atoms with Gasteiger partial charge in [-0.2, -0.15) is 0 Å². The standard InChI is InChI=1S/C39H41FN6O9/c1-3-43-21-29(37(50)51)34(47)28-19-30(40)33(20-32(28)43)44-15-17-45(18-16-44)39(53)55-23-26-9-11-27(12-10-26)41-35(48)24(2)46-14-13-31(36(46)49)42-38(52)54-22-25-7-5-4-6-8-25/h4-12,19-21,24,31H,3,13-18,22-23H2,1-2H3,(H,41,48)(H,42,52)(H,50,51)/t24-,31?/m0/s1. The van der Waals surface area contributed by atoms with Gasteiger partial charge >= 0.3 is 18.2 Å². The van der Waals surface area contributed by atoms with E-state index in [4.69, 9.17) is 9.47 Å². The van der Waals surface area contributed by atoms with Crippen LogP contribution in [0.1, 0.15) is 41.8 Å². The second-order valence-electron chi connectivity index (χ2n) is 13.3. The third-order valence-corrected chi connectivity index (χ3v) is 9.77. The molecule has 0 bridgehead atoms. The summed E-state index contributed by atoms with van der Waals surface area (Å²) in [7, 11) is 0. The first-order valence-corrected chi connectivity index (χ1v) is 17.9. The molecule has 4 amide bonds. The molecule has 3 N–H and O–H groups in total. The quantitative estimate of drug-likeness (QED) is 0.201. The second-order valence-corrected chi connectivity index (χ2v) is 13.3. The van der Waals surface area contributed by atoms with E-state index >= 15 is 4.39 Å². The predicted molar refractivity (Wildman–Crippen MR) is 199 cm³/mol. The van der Waals surface area contributed by atoms with Crippen molar-refractivity contribution in [2.75, 3.05) is 42.9 Å². The van der Waals surface area contributed by atoms with Crippen molar-refractivity contribution in [1.82, 2.24) is 19.7 Å². The third-order valence-electron chi connectivity index (χ3n) is 9.77. The van der Waals surface area contributed by atoms with Gasteiger partial charge in [0.25, 0.3) is 0 Å². The molecule has 2 aliphatic rings. The van der Waals surface area contributed by atoms with Crippen LogP contribution in [-0.2, 0) is 38.8 Å². The number of fused-ring (bicyclic) bond motifs is 1. The van der Waals surface area contributed by atoms with E-state index in [1.54, 1.807) is 47.6 Å². The lowest BCUT2D eigenvalue weighted by Crippen LogP contribution is -2.49. The lowest BCUT2D eigenvalue weighted by Gasteiger charge is -2.35. The van der Waals surface area contributed by atoms with Crippen molar-refractivity contribution in [3.8, 4) is 0 Å². The normalized spacial score (nSPS) is 16.2. The number of anilines is 2. The number of ether oxygens (including phenoxy) is 2. The van der Waals surface area contributed by atoms with Crippen molar-refractivity contribution in [3.05, 3.63) is 106 Å². The fraction of sp³-hybridized carbons (Fsp3) is 0.333. The molecule has 16 heteroatoms. The zero-order valence-electron chi connectivity index (χ0n) is 30.3. The zero-order valence-corrected chi connectivity index (χ0v) is 30.3. The van der Waals surface area contributed by atoms with Crippen molar-refractivity contribution in [1.29, 1.82) is 0 Å². The van der Waals surface area contributed by atoms with Crippen LogP contribution in [0.4, 0.5) is 25.4 Å². The fourth-order valence-electron chi connectivity index (χ4n) is 6.62. The molecule has 2 atom stereocenters. The maximum Gasteiger partial charge on any atom is 0.410 e. The van der Waals surface area contributed by atoms with E-state index in [0.29, 0.717) is 42.8 Å². The molecule has 2 aliphatic heterocycles. The molecule has 2 fully saturated rings. The van der Waals surface area contributed by atoms with E-state index in [9.17, 15) is 33.9 Å². The van der Waals surface area contributed by atoms with E-state index in [0.717, 1.165) is 11.6 Å². The molecule has 0 saturated carbocycles. The third kappa shape index (κ3) is 8.69. The van der Waals surface area contributed by atoms with Gasteiger partial charge in [0.15, 0.2) is 0 Å². The number of piperazine rings is 1.